The van der Waals surface area contributed by atoms with Gasteiger partial charge < -0.3 is 14.4 Å². The zero-order chi connectivity index (χ0) is 22.8. The lowest BCUT2D eigenvalue weighted by Gasteiger charge is -2.32. The molecule has 168 valence electrons. The molecule has 0 unspecified atom stereocenters. The highest BCUT2D eigenvalue weighted by Crippen LogP contribution is 2.30. The van der Waals surface area contributed by atoms with Gasteiger partial charge in [-0.2, -0.15) is 12.7 Å². The first-order valence-electron chi connectivity index (χ1n) is 9.09. The third-order valence-corrected chi connectivity index (χ3v) is 5.54. The normalized spacial score (nSPS) is 20.3. The van der Waals surface area contributed by atoms with Crippen molar-refractivity contribution in [3.8, 4) is 0 Å². The van der Waals surface area contributed by atoms with Crippen molar-refractivity contribution < 1.29 is 32.3 Å². The maximum atomic E-state index is 12.6. The second kappa shape index (κ2) is 9.09. The molecule has 2 N–H and O–H groups in total. The number of hydrogen-bond donors (Lipinski definition) is 1. The summed E-state index contributed by atoms with van der Waals surface area (Å²) in [5.41, 5.74) is -1.70. The smallest absolute Gasteiger partial charge is 0.425 e. The molecule has 0 aromatic heterocycles. The van der Waals surface area contributed by atoms with Crippen LogP contribution in [0.25, 0.3) is 0 Å². The lowest BCUT2D eigenvalue weighted by molar-refractivity contribution is -0.109. The van der Waals surface area contributed by atoms with Crippen LogP contribution in [0.5, 0.6) is 0 Å². The summed E-state index contributed by atoms with van der Waals surface area (Å²) in [6.45, 7) is 11.1. The molecule has 1 aliphatic heterocycles. The number of hydrogen-bond acceptors (Lipinski definition) is 8. The quantitative estimate of drug-likeness (QED) is 0.683. The molecule has 0 spiro atoms. The molecule has 0 bridgehead atoms. The molecule has 1 fully saturated rings. The molecular weight excluding hydrogens is 422 g/mol. The molecule has 0 saturated carbocycles. The Morgan fingerprint density at radius 1 is 1.10 bits per heavy atom. The van der Waals surface area contributed by atoms with Crippen molar-refractivity contribution in [1.82, 2.24) is 9.21 Å². The van der Waals surface area contributed by atoms with Crippen LogP contribution >= 0.6 is 11.8 Å². The summed E-state index contributed by atoms with van der Waals surface area (Å²) in [7, 11) is -4.44. The third kappa shape index (κ3) is 8.79. The summed E-state index contributed by atoms with van der Waals surface area (Å²) in [6, 6.07) is -0.715. The van der Waals surface area contributed by atoms with Gasteiger partial charge in [-0.15, -0.1) is 0 Å². The molecule has 0 aliphatic carbocycles. The number of nitrogens with two attached hydrogens (primary N) is 1. The molecule has 0 radical (unpaired) electrons. The molecule has 1 rings (SSSR count). The van der Waals surface area contributed by atoms with E-state index in [1.165, 1.54) is 11.8 Å². The van der Waals surface area contributed by atoms with Crippen molar-refractivity contribution in [2.75, 3.05) is 13.1 Å². The van der Waals surface area contributed by atoms with Crippen LogP contribution in [0, 0.1) is 0 Å². The Morgan fingerprint density at radius 3 is 2.03 bits per heavy atom. The van der Waals surface area contributed by atoms with E-state index in [1.54, 1.807) is 41.5 Å². The lowest BCUT2D eigenvalue weighted by Crippen LogP contribution is -2.51. The zero-order valence-corrected chi connectivity index (χ0v) is 19.6. The van der Waals surface area contributed by atoms with Gasteiger partial charge in [0, 0.05) is 18.7 Å². The molecule has 1 aliphatic rings. The highest BCUT2D eigenvalue weighted by atomic mass is 32.2. The Bertz CT molecular complexity index is 741. The van der Waals surface area contributed by atoms with Crippen molar-refractivity contribution in [1.29, 1.82) is 0 Å². The van der Waals surface area contributed by atoms with Gasteiger partial charge in [-0.1, -0.05) is 11.8 Å². The summed E-state index contributed by atoms with van der Waals surface area (Å²) in [4.78, 5) is 37.8. The largest absolute Gasteiger partial charge is 0.444 e. The average Bonchev–Trinajstić information content (AvgIpc) is 2.81. The Balaban J connectivity index is 3.12. The number of ether oxygens (including phenoxy) is 2. The van der Waals surface area contributed by atoms with Gasteiger partial charge >= 0.3 is 22.4 Å². The van der Waals surface area contributed by atoms with E-state index in [-0.39, 0.29) is 23.3 Å². The molecule has 10 nitrogen and oxygen atoms in total. The number of carbonyl (C=O) groups is 3. The minimum atomic E-state index is -4.44. The lowest BCUT2D eigenvalue weighted by atomic mass is 10.2. The summed E-state index contributed by atoms with van der Waals surface area (Å²) >= 11 is 1.05. The van der Waals surface area contributed by atoms with Gasteiger partial charge in [-0.05, 0) is 48.0 Å². The minimum Gasteiger partial charge on any atom is -0.444 e. The molecule has 2 amide bonds. The van der Waals surface area contributed by atoms with Crippen LogP contribution in [-0.4, -0.2) is 70.5 Å². The fraction of sp³-hybridized carbons (Fsp3) is 0.824. The first kappa shape index (κ1) is 25.5. The number of carbonyl (C=O) groups excluding carboxylic acids is 3. The van der Waals surface area contributed by atoms with E-state index < -0.39 is 46.2 Å². The van der Waals surface area contributed by atoms with Crippen molar-refractivity contribution in [2.45, 2.75) is 77.4 Å². The number of nitrogens with zero attached hydrogens (tertiary/aromatic N) is 2. The maximum absolute atomic E-state index is 12.6. The molecule has 0 aromatic carbocycles. The van der Waals surface area contributed by atoms with Gasteiger partial charge in [0.15, 0.2) is 5.12 Å². The highest BCUT2D eigenvalue weighted by Gasteiger charge is 2.42. The first-order valence-corrected chi connectivity index (χ1v) is 11.5. The summed E-state index contributed by atoms with van der Waals surface area (Å²) < 4.78 is 35.0. The van der Waals surface area contributed by atoms with Crippen LogP contribution in [0.2, 0.25) is 0 Å². The summed E-state index contributed by atoms with van der Waals surface area (Å²) in [5, 5.41) is 4.83. The predicted octanol–water partition coefficient (Wildman–Crippen LogP) is 2.08. The topological polar surface area (TPSA) is 136 Å². The first-order chi connectivity index (χ1) is 12.9. The Labute approximate surface area is 176 Å². The van der Waals surface area contributed by atoms with E-state index in [0.29, 0.717) is 4.31 Å². The number of likely N-dealkylation sites (tertiary alicyclic amines) is 1. The van der Waals surface area contributed by atoms with Crippen LogP contribution in [0.15, 0.2) is 0 Å². The van der Waals surface area contributed by atoms with Gasteiger partial charge in [-0.25, -0.2) is 14.7 Å². The highest BCUT2D eigenvalue weighted by molar-refractivity contribution is 8.14. The molecule has 2 atom stereocenters. The minimum absolute atomic E-state index is 0.129. The maximum Gasteiger partial charge on any atom is 0.425 e. The Hall–Kier alpha value is -1.53. The average molecular weight is 454 g/mol. The van der Waals surface area contributed by atoms with Crippen molar-refractivity contribution in [3.63, 3.8) is 0 Å². The van der Waals surface area contributed by atoms with Gasteiger partial charge in [0.25, 0.3) is 0 Å². The van der Waals surface area contributed by atoms with Crippen molar-refractivity contribution >= 4 is 39.3 Å². The fourth-order valence-electron chi connectivity index (χ4n) is 2.70. The fourth-order valence-corrected chi connectivity index (χ4v) is 4.35. The number of amides is 2. The standard InChI is InChI=1S/C17H31N3O7S2/c1-11(21)28-13-8-12(19(10-13)14(22)26-16(2,3)4)9-20(29(18,24)25)15(23)27-17(5,6)7/h12-13H,8-10H2,1-7H3,(H2,18,24,25)/t12-,13-/m0/s1. The summed E-state index contributed by atoms with van der Waals surface area (Å²) in [5.74, 6) is 0. The molecule has 1 heterocycles. The SMILES string of the molecule is CC(=O)S[C@H]1C[C@@H](CN(C(=O)OC(C)(C)C)S(N)(=O)=O)N(C(=O)OC(C)(C)C)C1. The van der Waals surface area contributed by atoms with Crippen LogP contribution in [0.1, 0.15) is 54.9 Å². The van der Waals surface area contributed by atoms with Crippen LogP contribution < -0.4 is 5.14 Å². The van der Waals surface area contributed by atoms with E-state index in [1.807, 2.05) is 0 Å². The van der Waals surface area contributed by atoms with E-state index in [9.17, 15) is 22.8 Å². The van der Waals surface area contributed by atoms with E-state index in [2.05, 4.69) is 0 Å². The Kier molecular flexibility index (Phi) is 7.99. The molecule has 12 heteroatoms. The number of thioether (sulfide) groups is 1. The van der Waals surface area contributed by atoms with Gasteiger partial charge in [0.1, 0.15) is 11.2 Å². The predicted molar refractivity (Wildman–Crippen MR) is 109 cm³/mol. The molecule has 29 heavy (non-hydrogen) atoms. The van der Waals surface area contributed by atoms with Crippen LogP contribution in [0.4, 0.5) is 9.59 Å². The number of rotatable bonds is 4. The van der Waals surface area contributed by atoms with E-state index >= 15 is 0 Å². The van der Waals surface area contributed by atoms with Crippen LogP contribution in [-0.2, 0) is 24.5 Å². The van der Waals surface area contributed by atoms with E-state index in [0.717, 1.165) is 11.8 Å². The second-order valence-corrected chi connectivity index (χ2v) is 11.8. The third-order valence-electron chi connectivity index (χ3n) is 3.62. The molecule has 1 saturated heterocycles. The van der Waals surface area contributed by atoms with E-state index in [4.69, 9.17) is 14.6 Å². The van der Waals surface area contributed by atoms with Gasteiger partial charge in [0.2, 0.25) is 0 Å². The van der Waals surface area contributed by atoms with Crippen molar-refractivity contribution in [2.24, 2.45) is 5.14 Å². The van der Waals surface area contributed by atoms with Gasteiger partial charge in [0.05, 0.1) is 12.6 Å². The Morgan fingerprint density at radius 2 is 1.62 bits per heavy atom. The molecular formula is C17H31N3O7S2. The summed E-state index contributed by atoms with van der Waals surface area (Å²) in [6.07, 6.45) is -1.50. The van der Waals surface area contributed by atoms with Crippen LogP contribution in [0.3, 0.4) is 0 Å². The second-order valence-electron chi connectivity index (χ2n) is 8.81. The van der Waals surface area contributed by atoms with Crippen molar-refractivity contribution in [3.05, 3.63) is 0 Å². The monoisotopic (exact) mass is 453 g/mol. The van der Waals surface area contributed by atoms with Gasteiger partial charge in [-0.3, -0.25) is 4.79 Å². The zero-order valence-electron chi connectivity index (χ0n) is 17.9. The molecule has 0 aromatic rings.